The van der Waals surface area contributed by atoms with Gasteiger partial charge in [-0.05, 0) is 72.5 Å². The van der Waals surface area contributed by atoms with Crippen LogP contribution in [-0.4, -0.2) is 13.6 Å². The van der Waals surface area contributed by atoms with Crippen LogP contribution in [0.5, 0.6) is 0 Å². The Morgan fingerprint density at radius 2 is 2.07 bits per heavy atom. The van der Waals surface area contributed by atoms with E-state index in [1.807, 2.05) is 20.9 Å². The molecule has 1 N–H and O–H groups in total. The predicted octanol–water partition coefficient (Wildman–Crippen LogP) is 2.97. The lowest BCUT2D eigenvalue weighted by atomic mass is 10.0. The van der Waals surface area contributed by atoms with E-state index in [0.29, 0.717) is 4.47 Å². The summed E-state index contributed by atoms with van der Waals surface area (Å²) >= 11 is 3.29. The monoisotopic (exact) mass is 259 g/mol. The number of aryl methyl sites for hydroxylation is 1. The molecule has 3 heteroatoms. The zero-order valence-electron chi connectivity index (χ0n) is 8.75. The number of hydrogen-bond acceptors (Lipinski definition) is 1. The molecule has 78 valence electrons. The number of nitrogens with one attached hydrogen (secondary N) is 1. The van der Waals surface area contributed by atoms with E-state index >= 15 is 0 Å². The quantitative estimate of drug-likeness (QED) is 0.881. The van der Waals surface area contributed by atoms with E-state index in [1.54, 1.807) is 6.07 Å². The van der Waals surface area contributed by atoms with Crippen LogP contribution < -0.4 is 5.32 Å². The Labute approximate surface area is 92.8 Å². The Bertz CT molecular complexity index is 310. The third kappa shape index (κ3) is 2.34. The molecular weight excluding hydrogens is 245 g/mol. The average molecular weight is 260 g/mol. The first-order valence-electron chi connectivity index (χ1n) is 4.66. The van der Waals surface area contributed by atoms with Crippen molar-refractivity contribution < 1.29 is 4.39 Å². The maximum atomic E-state index is 13.4. The summed E-state index contributed by atoms with van der Waals surface area (Å²) in [7, 11) is 1.90. The fourth-order valence-corrected chi connectivity index (χ4v) is 2.07. The first-order chi connectivity index (χ1) is 6.57. The van der Waals surface area contributed by atoms with Crippen molar-refractivity contribution in [2.24, 2.45) is 0 Å². The van der Waals surface area contributed by atoms with E-state index in [1.165, 1.54) is 5.56 Å². The summed E-state index contributed by atoms with van der Waals surface area (Å²) in [5.41, 5.74) is 3.25. The highest BCUT2D eigenvalue weighted by Crippen LogP contribution is 2.26. The van der Waals surface area contributed by atoms with Gasteiger partial charge in [0, 0.05) is 0 Å². The van der Waals surface area contributed by atoms with Crippen LogP contribution in [-0.2, 0) is 6.42 Å². The normalized spacial score (nSPS) is 10.6. The van der Waals surface area contributed by atoms with Crippen LogP contribution in [0.1, 0.15) is 16.7 Å². The van der Waals surface area contributed by atoms with Gasteiger partial charge in [0.25, 0.3) is 0 Å². The molecule has 1 nitrogen and oxygen atoms in total. The van der Waals surface area contributed by atoms with Crippen molar-refractivity contribution in [1.29, 1.82) is 0 Å². The van der Waals surface area contributed by atoms with Gasteiger partial charge >= 0.3 is 0 Å². The zero-order valence-corrected chi connectivity index (χ0v) is 10.3. The van der Waals surface area contributed by atoms with Crippen molar-refractivity contribution in [3.8, 4) is 0 Å². The standard InChI is InChI=1S/C11H15BrFN/c1-7-6-10(13)11(12)9(8(7)2)4-5-14-3/h6,14H,4-5H2,1-3H3. The van der Waals surface area contributed by atoms with Crippen LogP contribution in [0.15, 0.2) is 10.5 Å². The second-order valence-corrected chi connectivity index (χ2v) is 4.24. The molecule has 0 fully saturated rings. The lowest BCUT2D eigenvalue weighted by Gasteiger charge is -2.11. The predicted molar refractivity (Wildman–Crippen MR) is 61.2 cm³/mol. The van der Waals surface area contributed by atoms with E-state index < -0.39 is 0 Å². The largest absolute Gasteiger partial charge is 0.319 e. The van der Waals surface area contributed by atoms with Crippen molar-refractivity contribution in [3.05, 3.63) is 33.0 Å². The van der Waals surface area contributed by atoms with Gasteiger partial charge in [-0.25, -0.2) is 4.39 Å². The first-order valence-corrected chi connectivity index (χ1v) is 5.46. The number of halogens is 2. The van der Waals surface area contributed by atoms with Gasteiger partial charge in [-0.3, -0.25) is 0 Å². The lowest BCUT2D eigenvalue weighted by Crippen LogP contribution is -2.12. The maximum Gasteiger partial charge on any atom is 0.137 e. The Morgan fingerprint density at radius 3 is 2.64 bits per heavy atom. The van der Waals surface area contributed by atoms with Crippen LogP contribution in [0.4, 0.5) is 4.39 Å². The molecule has 0 radical (unpaired) electrons. The van der Waals surface area contributed by atoms with Gasteiger partial charge < -0.3 is 5.32 Å². The highest BCUT2D eigenvalue weighted by atomic mass is 79.9. The van der Waals surface area contributed by atoms with Crippen molar-refractivity contribution in [1.82, 2.24) is 5.32 Å². The average Bonchev–Trinajstić information content (AvgIpc) is 2.15. The zero-order chi connectivity index (χ0) is 10.7. The van der Waals surface area contributed by atoms with Crippen LogP contribution >= 0.6 is 15.9 Å². The van der Waals surface area contributed by atoms with Crippen LogP contribution in [0.2, 0.25) is 0 Å². The van der Waals surface area contributed by atoms with E-state index in [0.717, 1.165) is 24.1 Å². The molecule has 0 atom stereocenters. The van der Waals surface area contributed by atoms with E-state index in [2.05, 4.69) is 21.2 Å². The third-order valence-corrected chi connectivity index (χ3v) is 3.34. The van der Waals surface area contributed by atoms with Gasteiger partial charge in [0.05, 0.1) is 4.47 Å². The van der Waals surface area contributed by atoms with E-state index in [4.69, 9.17) is 0 Å². The smallest absolute Gasteiger partial charge is 0.137 e. The molecule has 0 heterocycles. The molecule has 0 aliphatic carbocycles. The molecule has 1 aromatic carbocycles. The van der Waals surface area contributed by atoms with Crippen LogP contribution in [0.3, 0.4) is 0 Å². The fraction of sp³-hybridized carbons (Fsp3) is 0.455. The number of likely N-dealkylation sites (N-methyl/N-ethyl adjacent to an activating group) is 1. The number of rotatable bonds is 3. The van der Waals surface area contributed by atoms with Gasteiger partial charge in [-0.15, -0.1) is 0 Å². The van der Waals surface area contributed by atoms with E-state index in [-0.39, 0.29) is 5.82 Å². The highest BCUT2D eigenvalue weighted by molar-refractivity contribution is 9.10. The Kier molecular flexibility index (Phi) is 4.08. The molecule has 1 rings (SSSR count). The van der Waals surface area contributed by atoms with Gasteiger partial charge in [-0.1, -0.05) is 0 Å². The molecule has 0 aromatic heterocycles. The van der Waals surface area contributed by atoms with Crippen molar-refractivity contribution >= 4 is 15.9 Å². The highest BCUT2D eigenvalue weighted by Gasteiger charge is 2.10. The maximum absolute atomic E-state index is 13.4. The second-order valence-electron chi connectivity index (χ2n) is 3.45. The molecule has 14 heavy (non-hydrogen) atoms. The molecule has 0 unspecified atom stereocenters. The van der Waals surface area contributed by atoms with Crippen LogP contribution in [0.25, 0.3) is 0 Å². The van der Waals surface area contributed by atoms with Crippen molar-refractivity contribution in [3.63, 3.8) is 0 Å². The minimum absolute atomic E-state index is 0.167. The van der Waals surface area contributed by atoms with Gasteiger partial charge in [0.1, 0.15) is 5.82 Å². The SMILES string of the molecule is CNCCc1c(C)c(C)cc(F)c1Br. The summed E-state index contributed by atoms with van der Waals surface area (Å²) < 4.78 is 14.0. The molecular formula is C11H15BrFN. The van der Waals surface area contributed by atoms with Crippen molar-refractivity contribution in [2.45, 2.75) is 20.3 Å². The fourth-order valence-electron chi connectivity index (χ4n) is 1.46. The molecule has 0 aliphatic rings. The third-order valence-electron chi connectivity index (χ3n) is 2.49. The Balaban J connectivity index is 3.11. The summed E-state index contributed by atoms with van der Waals surface area (Å²) in [6.45, 7) is 4.83. The summed E-state index contributed by atoms with van der Waals surface area (Å²) in [5.74, 6) is -0.167. The topological polar surface area (TPSA) is 12.0 Å². The number of hydrogen-bond donors (Lipinski definition) is 1. The summed E-state index contributed by atoms with van der Waals surface area (Å²) in [6.07, 6.45) is 0.849. The molecule has 0 saturated heterocycles. The van der Waals surface area contributed by atoms with Gasteiger partial charge in [0.15, 0.2) is 0 Å². The molecule has 0 spiro atoms. The van der Waals surface area contributed by atoms with Gasteiger partial charge in [0.2, 0.25) is 0 Å². The Morgan fingerprint density at radius 1 is 1.43 bits per heavy atom. The number of benzene rings is 1. The lowest BCUT2D eigenvalue weighted by molar-refractivity contribution is 0.614. The Hall–Kier alpha value is -0.410. The summed E-state index contributed by atoms with van der Waals surface area (Å²) in [4.78, 5) is 0. The molecule has 0 aliphatic heterocycles. The van der Waals surface area contributed by atoms with Gasteiger partial charge in [-0.2, -0.15) is 0 Å². The van der Waals surface area contributed by atoms with E-state index in [9.17, 15) is 4.39 Å². The molecule has 0 saturated carbocycles. The minimum Gasteiger partial charge on any atom is -0.319 e. The first kappa shape index (κ1) is 11.7. The second kappa shape index (κ2) is 4.89. The van der Waals surface area contributed by atoms with Crippen molar-refractivity contribution in [2.75, 3.05) is 13.6 Å². The molecule has 0 bridgehead atoms. The summed E-state index contributed by atoms with van der Waals surface area (Å²) in [5, 5.41) is 3.07. The minimum atomic E-state index is -0.167. The summed E-state index contributed by atoms with van der Waals surface area (Å²) in [6, 6.07) is 1.57. The van der Waals surface area contributed by atoms with Crippen LogP contribution in [0, 0.1) is 19.7 Å². The molecule has 0 amide bonds. The molecule has 1 aromatic rings.